The summed E-state index contributed by atoms with van der Waals surface area (Å²) in [6, 6.07) is 10.00. The molecule has 2 amide bonds. The zero-order valence-corrected chi connectivity index (χ0v) is 22.8. The molecule has 2 N–H and O–H groups in total. The molecule has 0 aromatic heterocycles. The smallest absolute Gasteiger partial charge is 0.275 e. The summed E-state index contributed by atoms with van der Waals surface area (Å²) in [5.74, 6) is 0.177. The van der Waals surface area contributed by atoms with Gasteiger partial charge in [-0.2, -0.15) is 0 Å². The van der Waals surface area contributed by atoms with Crippen LogP contribution < -0.4 is 29.8 Å². The third-order valence-electron chi connectivity index (χ3n) is 5.22. The minimum atomic E-state index is -0.514. The number of nitrogens with zero attached hydrogens (tertiary/aromatic N) is 2. The van der Waals surface area contributed by atoms with Gasteiger partial charge in [0.15, 0.2) is 23.0 Å². The van der Waals surface area contributed by atoms with Crippen LogP contribution >= 0.6 is 24.4 Å². The molecule has 2 aromatic carbocycles. The van der Waals surface area contributed by atoms with Crippen molar-refractivity contribution in [3.63, 3.8) is 0 Å². The van der Waals surface area contributed by atoms with Crippen LogP contribution in [0.3, 0.4) is 0 Å². The minimum absolute atomic E-state index is 0.269. The maximum absolute atomic E-state index is 13.0. The third-order valence-corrected chi connectivity index (χ3v) is 6.11. The lowest BCUT2D eigenvalue weighted by molar-refractivity contribution is 0.0751. The van der Waals surface area contributed by atoms with E-state index >= 15 is 0 Å². The van der Waals surface area contributed by atoms with Gasteiger partial charge in [-0.05, 0) is 31.2 Å². The molecule has 10 nitrogen and oxygen atoms in total. The highest BCUT2D eigenvalue weighted by Crippen LogP contribution is 2.32. The first kappa shape index (κ1) is 28.6. The molecule has 0 saturated carbocycles. The fourth-order valence-corrected chi connectivity index (χ4v) is 3.80. The summed E-state index contributed by atoms with van der Waals surface area (Å²) in [5, 5.41) is 2.46. The summed E-state index contributed by atoms with van der Waals surface area (Å²) in [7, 11) is 8.95. The van der Waals surface area contributed by atoms with Crippen molar-refractivity contribution < 1.29 is 28.5 Å². The van der Waals surface area contributed by atoms with E-state index in [1.54, 1.807) is 43.3 Å². The van der Waals surface area contributed by atoms with Crippen LogP contribution in [0, 0.1) is 5.92 Å². The summed E-state index contributed by atoms with van der Waals surface area (Å²) in [4.78, 5) is 26.5. The molecule has 0 spiro atoms. The van der Waals surface area contributed by atoms with Gasteiger partial charge in [0.2, 0.25) is 0 Å². The topological polar surface area (TPSA) is 102 Å². The van der Waals surface area contributed by atoms with Crippen LogP contribution in [-0.4, -0.2) is 74.3 Å². The van der Waals surface area contributed by atoms with E-state index < -0.39 is 17.7 Å². The first-order valence-electron chi connectivity index (χ1n) is 10.7. The normalized spacial score (nSPS) is 10.2. The quantitative estimate of drug-likeness (QED) is 0.388. The van der Waals surface area contributed by atoms with Crippen LogP contribution in [-0.2, 0) is 0 Å². The maximum Gasteiger partial charge on any atom is 0.275 e. The van der Waals surface area contributed by atoms with Gasteiger partial charge in [-0.15, -0.1) is 0 Å². The van der Waals surface area contributed by atoms with Crippen molar-refractivity contribution in [3.05, 3.63) is 47.5 Å². The van der Waals surface area contributed by atoms with Crippen LogP contribution in [0.25, 0.3) is 0 Å². The van der Waals surface area contributed by atoms with Crippen LogP contribution in [0.15, 0.2) is 36.4 Å². The molecule has 0 aliphatic rings. The van der Waals surface area contributed by atoms with Crippen LogP contribution in [0.4, 0.5) is 0 Å². The number of methoxy groups -OCH3 is 4. The summed E-state index contributed by atoms with van der Waals surface area (Å²) in [6.45, 7) is 1.75. The highest BCUT2D eigenvalue weighted by Gasteiger charge is 2.25. The standard InChI is InChI=1S/C24H30N4O6S2/c1-14(21(35)25-27(2)23(29)15-10-8-12-17(31-4)19(15)33-6)22(36)26-28(3)24(30)16-11-9-13-18(32-5)20(16)34-7/h8-14H,1-7H3,(H,25,35)(H,26,36). The number of amides is 2. The number of hydrogen-bond acceptors (Lipinski definition) is 8. The molecule has 194 valence electrons. The Morgan fingerprint density at radius 3 is 1.39 bits per heavy atom. The number of carbonyl (C=O) groups excluding carboxylic acids is 2. The Morgan fingerprint density at radius 2 is 1.08 bits per heavy atom. The van der Waals surface area contributed by atoms with Crippen molar-refractivity contribution >= 4 is 46.2 Å². The maximum atomic E-state index is 13.0. The highest BCUT2D eigenvalue weighted by molar-refractivity contribution is 7.82. The molecule has 0 radical (unpaired) electrons. The largest absolute Gasteiger partial charge is 0.493 e. The summed E-state index contributed by atoms with van der Waals surface area (Å²) in [5.41, 5.74) is 6.32. The average molecular weight is 535 g/mol. The Morgan fingerprint density at radius 1 is 0.722 bits per heavy atom. The lowest BCUT2D eigenvalue weighted by atomic mass is 10.1. The number of nitrogens with one attached hydrogen (secondary N) is 2. The molecular formula is C24H30N4O6S2. The van der Waals surface area contributed by atoms with E-state index in [1.165, 1.54) is 52.6 Å². The average Bonchev–Trinajstić information content (AvgIpc) is 2.90. The number of para-hydroxylation sites is 2. The number of carbonyl (C=O) groups is 2. The lowest BCUT2D eigenvalue weighted by Gasteiger charge is -2.27. The summed E-state index contributed by atoms with van der Waals surface area (Å²) in [6.07, 6.45) is 0. The van der Waals surface area contributed by atoms with Crippen molar-refractivity contribution in [2.24, 2.45) is 5.92 Å². The van der Waals surface area contributed by atoms with E-state index in [0.29, 0.717) is 34.1 Å². The second-order valence-electron chi connectivity index (χ2n) is 7.48. The van der Waals surface area contributed by atoms with E-state index in [0.717, 1.165) is 0 Å². The number of hydrazine groups is 2. The summed E-state index contributed by atoms with van der Waals surface area (Å²) < 4.78 is 21.2. The van der Waals surface area contributed by atoms with Crippen LogP contribution in [0.2, 0.25) is 0 Å². The van der Waals surface area contributed by atoms with Gasteiger partial charge in [-0.1, -0.05) is 36.6 Å². The Bertz CT molecular complexity index is 1060. The second-order valence-corrected chi connectivity index (χ2v) is 8.36. The Balaban J connectivity index is 2.07. The number of rotatable bonds is 8. The molecule has 0 saturated heterocycles. The molecule has 0 bridgehead atoms. The zero-order valence-electron chi connectivity index (χ0n) is 21.2. The molecule has 2 aromatic rings. The Labute approximate surface area is 221 Å². The van der Waals surface area contributed by atoms with E-state index in [9.17, 15) is 9.59 Å². The van der Waals surface area contributed by atoms with Gasteiger partial charge < -0.3 is 18.9 Å². The van der Waals surface area contributed by atoms with E-state index in [2.05, 4.69) is 10.9 Å². The van der Waals surface area contributed by atoms with Crippen molar-refractivity contribution in [3.8, 4) is 23.0 Å². The molecule has 2 rings (SSSR count). The van der Waals surface area contributed by atoms with Crippen molar-refractivity contribution in [2.75, 3.05) is 42.5 Å². The predicted molar refractivity (Wildman–Crippen MR) is 144 cm³/mol. The molecule has 0 aliphatic carbocycles. The van der Waals surface area contributed by atoms with E-state index in [1.807, 2.05) is 0 Å². The molecule has 0 unspecified atom stereocenters. The third kappa shape index (κ3) is 6.32. The van der Waals surface area contributed by atoms with Gasteiger partial charge in [0.1, 0.15) is 9.98 Å². The van der Waals surface area contributed by atoms with Crippen LogP contribution in [0.1, 0.15) is 27.6 Å². The first-order chi connectivity index (χ1) is 17.1. The number of thiocarbonyl (C=S) groups is 2. The van der Waals surface area contributed by atoms with Crippen molar-refractivity contribution in [1.82, 2.24) is 20.9 Å². The van der Waals surface area contributed by atoms with Gasteiger partial charge in [-0.25, -0.2) is 0 Å². The molecule has 36 heavy (non-hydrogen) atoms. The molecule has 0 heterocycles. The fourth-order valence-electron chi connectivity index (χ4n) is 3.22. The lowest BCUT2D eigenvalue weighted by Crippen LogP contribution is -2.50. The summed E-state index contributed by atoms with van der Waals surface area (Å²) >= 11 is 10.9. The van der Waals surface area contributed by atoms with Gasteiger partial charge in [0.05, 0.1) is 45.5 Å². The monoisotopic (exact) mass is 534 g/mol. The van der Waals surface area contributed by atoms with Gasteiger partial charge in [0.25, 0.3) is 11.8 Å². The first-order valence-corrected chi connectivity index (χ1v) is 11.5. The van der Waals surface area contributed by atoms with E-state index in [-0.39, 0.29) is 9.98 Å². The SMILES string of the molecule is COc1cccc(C(=O)N(C)NC(=S)C(C)C(=S)NN(C)C(=O)c2cccc(OC)c2OC)c1OC. The Kier molecular flexibility index (Phi) is 10.2. The predicted octanol–water partition coefficient (Wildman–Crippen LogP) is 2.87. The van der Waals surface area contributed by atoms with Crippen molar-refractivity contribution in [2.45, 2.75) is 6.92 Å². The second kappa shape index (κ2) is 12.9. The molecule has 0 atom stereocenters. The molecular weight excluding hydrogens is 504 g/mol. The molecule has 0 aliphatic heterocycles. The Hall–Kier alpha value is -3.64. The molecule has 12 heteroatoms. The van der Waals surface area contributed by atoms with Crippen LogP contribution in [0.5, 0.6) is 23.0 Å². The fraction of sp³-hybridized carbons (Fsp3) is 0.333. The number of benzene rings is 2. The van der Waals surface area contributed by atoms with Gasteiger partial charge >= 0.3 is 0 Å². The van der Waals surface area contributed by atoms with Gasteiger partial charge in [0, 0.05) is 14.1 Å². The number of ether oxygens (including phenoxy) is 4. The number of hydrogen-bond donors (Lipinski definition) is 2. The molecule has 0 fully saturated rings. The zero-order chi connectivity index (χ0) is 27.0. The van der Waals surface area contributed by atoms with Gasteiger partial charge in [-0.3, -0.25) is 30.5 Å². The minimum Gasteiger partial charge on any atom is -0.493 e. The highest BCUT2D eigenvalue weighted by atomic mass is 32.1. The van der Waals surface area contributed by atoms with Crippen molar-refractivity contribution in [1.29, 1.82) is 0 Å². The van der Waals surface area contributed by atoms with E-state index in [4.69, 9.17) is 43.4 Å².